The SMILES string of the molecule is CCCCCCCCCCC(O)CN(CC(O)CCCCCCCCCC)C(CC1=CCc2ccccc21)C(=O)O. The van der Waals surface area contributed by atoms with Gasteiger partial charge in [0.15, 0.2) is 0 Å². The lowest BCUT2D eigenvalue weighted by Crippen LogP contribution is -2.48. The first-order valence-corrected chi connectivity index (χ1v) is 17.1. The zero-order chi connectivity index (χ0) is 29.7. The van der Waals surface area contributed by atoms with Crippen LogP contribution in [0.1, 0.15) is 147 Å². The Labute approximate surface area is 251 Å². The molecule has 0 bridgehead atoms. The summed E-state index contributed by atoms with van der Waals surface area (Å²) >= 11 is 0. The molecule has 0 saturated carbocycles. The van der Waals surface area contributed by atoms with Crippen molar-refractivity contribution in [2.75, 3.05) is 13.1 Å². The van der Waals surface area contributed by atoms with Crippen LogP contribution >= 0.6 is 0 Å². The summed E-state index contributed by atoms with van der Waals surface area (Å²) in [6, 6.07) is 7.44. The smallest absolute Gasteiger partial charge is 0.321 e. The van der Waals surface area contributed by atoms with Gasteiger partial charge in [-0.25, -0.2) is 0 Å². The largest absolute Gasteiger partial charge is 0.480 e. The molecule has 3 N–H and O–H groups in total. The third-order valence-electron chi connectivity index (χ3n) is 8.74. The Morgan fingerprint density at radius 1 is 0.732 bits per heavy atom. The molecule has 0 amide bonds. The number of nitrogens with zero attached hydrogens (tertiary/aromatic N) is 1. The molecule has 2 rings (SSSR count). The molecule has 0 aliphatic heterocycles. The Morgan fingerprint density at radius 2 is 1.20 bits per heavy atom. The van der Waals surface area contributed by atoms with E-state index in [9.17, 15) is 20.1 Å². The molecule has 3 unspecified atom stereocenters. The number of aliphatic hydroxyl groups is 2. The predicted octanol–water partition coefficient (Wildman–Crippen LogP) is 8.55. The lowest BCUT2D eigenvalue weighted by molar-refractivity contribution is -0.144. The first-order valence-electron chi connectivity index (χ1n) is 17.1. The highest BCUT2D eigenvalue weighted by molar-refractivity contribution is 5.80. The maximum Gasteiger partial charge on any atom is 0.321 e. The van der Waals surface area contributed by atoms with Crippen LogP contribution in [0.5, 0.6) is 0 Å². The standard InChI is InChI=1S/C36H61NO4/c1-3-5-7-9-11-13-15-17-22-32(38)28-37(29-33(39)23-18-16-14-12-10-8-6-4-2)35(36(40)41)27-31-26-25-30-21-19-20-24-34(30)31/h19-21,24,26,32-33,35,38-39H,3-18,22-23,25,27-29H2,1-2H3,(H,40,41). The molecule has 1 aliphatic carbocycles. The number of aliphatic hydroxyl groups excluding tert-OH is 2. The Bertz CT molecular complexity index is 826. The van der Waals surface area contributed by atoms with Crippen LogP contribution in [0.15, 0.2) is 30.3 Å². The van der Waals surface area contributed by atoms with Gasteiger partial charge in [0.2, 0.25) is 0 Å². The monoisotopic (exact) mass is 571 g/mol. The van der Waals surface area contributed by atoms with E-state index in [0.717, 1.165) is 43.2 Å². The van der Waals surface area contributed by atoms with Crippen LogP contribution in [0.2, 0.25) is 0 Å². The lowest BCUT2D eigenvalue weighted by atomic mass is 9.97. The van der Waals surface area contributed by atoms with Crippen LogP contribution in [-0.4, -0.2) is 57.5 Å². The first-order chi connectivity index (χ1) is 20.0. The van der Waals surface area contributed by atoms with Crippen LogP contribution in [0.25, 0.3) is 5.57 Å². The summed E-state index contributed by atoms with van der Waals surface area (Å²) in [7, 11) is 0. The Balaban J connectivity index is 1.91. The molecule has 41 heavy (non-hydrogen) atoms. The summed E-state index contributed by atoms with van der Waals surface area (Å²) in [5.74, 6) is -0.881. The number of aliphatic carboxylic acids is 1. The second-order valence-electron chi connectivity index (χ2n) is 12.4. The van der Waals surface area contributed by atoms with Gasteiger partial charge in [-0.2, -0.15) is 0 Å². The molecular weight excluding hydrogens is 510 g/mol. The number of carboxylic acids is 1. The first kappa shape index (κ1) is 35.5. The Kier molecular flexibility index (Phi) is 19.0. The number of allylic oxidation sites excluding steroid dienone is 1. The number of hydrogen-bond donors (Lipinski definition) is 3. The fourth-order valence-electron chi connectivity index (χ4n) is 6.21. The van der Waals surface area contributed by atoms with Gasteiger partial charge in [-0.05, 0) is 42.4 Å². The summed E-state index contributed by atoms with van der Waals surface area (Å²) in [6.07, 6.45) is 22.9. The van der Waals surface area contributed by atoms with Gasteiger partial charge >= 0.3 is 5.97 Å². The van der Waals surface area contributed by atoms with E-state index in [1.807, 2.05) is 17.0 Å². The molecule has 0 radical (unpaired) electrons. The molecule has 0 fully saturated rings. The van der Waals surface area contributed by atoms with Gasteiger partial charge in [0.25, 0.3) is 0 Å². The average Bonchev–Trinajstić information content (AvgIpc) is 3.37. The summed E-state index contributed by atoms with van der Waals surface area (Å²) in [4.78, 5) is 14.4. The van der Waals surface area contributed by atoms with E-state index in [1.54, 1.807) is 0 Å². The van der Waals surface area contributed by atoms with Crippen molar-refractivity contribution >= 4 is 11.5 Å². The predicted molar refractivity (Wildman–Crippen MR) is 172 cm³/mol. The second kappa shape index (κ2) is 21.9. The van der Waals surface area contributed by atoms with Crippen LogP contribution in [0.4, 0.5) is 0 Å². The number of benzene rings is 1. The van der Waals surface area contributed by atoms with Crippen molar-refractivity contribution in [3.05, 3.63) is 41.5 Å². The third-order valence-corrected chi connectivity index (χ3v) is 8.74. The molecule has 0 aromatic heterocycles. The molecule has 3 atom stereocenters. The van der Waals surface area contributed by atoms with Crippen molar-refractivity contribution in [3.8, 4) is 0 Å². The molecule has 234 valence electrons. The highest BCUT2D eigenvalue weighted by Crippen LogP contribution is 2.32. The summed E-state index contributed by atoms with van der Waals surface area (Å²) in [5, 5.41) is 32.2. The van der Waals surface area contributed by atoms with E-state index in [2.05, 4.69) is 32.1 Å². The molecule has 1 aromatic rings. The number of carboxylic acid groups (broad SMARTS) is 1. The minimum Gasteiger partial charge on any atom is -0.480 e. The molecular formula is C36H61NO4. The normalized spacial score (nSPS) is 15.1. The summed E-state index contributed by atoms with van der Waals surface area (Å²) in [6.45, 7) is 5.05. The van der Waals surface area contributed by atoms with Crippen molar-refractivity contribution in [2.45, 2.75) is 161 Å². The van der Waals surface area contributed by atoms with Gasteiger partial charge in [0.05, 0.1) is 12.2 Å². The molecule has 5 nitrogen and oxygen atoms in total. The zero-order valence-corrected chi connectivity index (χ0v) is 26.4. The lowest BCUT2D eigenvalue weighted by Gasteiger charge is -2.33. The maximum atomic E-state index is 12.6. The number of unbranched alkanes of at least 4 members (excludes halogenated alkanes) is 14. The van der Waals surface area contributed by atoms with Gasteiger partial charge in [-0.1, -0.05) is 147 Å². The van der Waals surface area contributed by atoms with E-state index in [-0.39, 0.29) is 13.1 Å². The number of carbonyl (C=O) groups is 1. The van der Waals surface area contributed by atoms with Crippen molar-refractivity contribution < 1.29 is 20.1 Å². The van der Waals surface area contributed by atoms with Crippen molar-refractivity contribution in [1.29, 1.82) is 0 Å². The number of rotatable bonds is 26. The topological polar surface area (TPSA) is 81.0 Å². The molecule has 1 aromatic carbocycles. The number of hydrogen-bond acceptors (Lipinski definition) is 4. The minimum atomic E-state index is -0.881. The van der Waals surface area contributed by atoms with Crippen LogP contribution < -0.4 is 0 Å². The Morgan fingerprint density at radius 3 is 1.68 bits per heavy atom. The fourth-order valence-corrected chi connectivity index (χ4v) is 6.21. The van der Waals surface area contributed by atoms with Crippen molar-refractivity contribution in [1.82, 2.24) is 4.90 Å². The van der Waals surface area contributed by atoms with Gasteiger partial charge < -0.3 is 15.3 Å². The molecule has 0 spiro atoms. The fraction of sp³-hybridized carbons (Fsp3) is 0.750. The third kappa shape index (κ3) is 14.9. The summed E-state index contributed by atoms with van der Waals surface area (Å²) < 4.78 is 0. The molecule has 1 aliphatic rings. The van der Waals surface area contributed by atoms with E-state index < -0.39 is 24.2 Å². The van der Waals surface area contributed by atoms with Crippen molar-refractivity contribution in [2.24, 2.45) is 0 Å². The zero-order valence-electron chi connectivity index (χ0n) is 26.4. The van der Waals surface area contributed by atoms with Crippen LogP contribution in [-0.2, 0) is 11.2 Å². The minimum absolute atomic E-state index is 0.289. The van der Waals surface area contributed by atoms with E-state index in [0.29, 0.717) is 19.3 Å². The average molecular weight is 572 g/mol. The van der Waals surface area contributed by atoms with Gasteiger partial charge in [-0.3, -0.25) is 9.69 Å². The van der Waals surface area contributed by atoms with Crippen LogP contribution in [0.3, 0.4) is 0 Å². The van der Waals surface area contributed by atoms with E-state index >= 15 is 0 Å². The molecule has 0 heterocycles. The van der Waals surface area contributed by atoms with E-state index in [4.69, 9.17) is 0 Å². The van der Waals surface area contributed by atoms with Crippen molar-refractivity contribution in [3.63, 3.8) is 0 Å². The van der Waals surface area contributed by atoms with Gasteiger partial charge in [-0.15, -0.1) is 0 Å². The molecule has 5 heteroatoms. The van der Waals surface area contributed by atoms with Gasteiger partial charge in [0.1, 0.15) is 6.04 Å². The Hall–Kier alpha value is -1.69. The quantitative estimate of drug-likeness (QED) is 0.0971. The second-order valence-corrected chi connectivity index (χ2v) is 12.4. The molecule has 0 saturated heterocycles. The highest BCUT2D eigenvalue weighted by atomic mass is 16.4. The maximum absolute atomic E-state index is 12.6. The van der Waals surface area contributed by atoms with E-state index in [1.165, 1.54) is 82.6 Å². The highest BCUT2D eigenvalue weighted by Gasteiger charge is 2.31. The van der Waals surface area contributed by atoms with Crippen LogP contribution in [0, 0.1) is 0 Å². The number of fused-ring (bicyclic) bond motifs is 1. The van der Waals surface area contributed by atoms with Gasteiger partial charge in [0, 0.05) is 13.1 Å². The summed E-state index contributed by atoms with van der Waals surface area (Å²) in [5.41, 5.74) is 3.44.